The Balaban J connectivity index is 2.32. The molecule has 150 valence electrons. The summed E-state index contributed by atoms with van der Waals surface area (Å²) in [7, 11) is 0. The van der Waals surface area contributed by atoms with E-state index in [9.17, 15) is 24.5 Å². The van der Waals surface area contributed by atoms with Crippen molar-refractivity contribution in [3.8, 4) is 0 Å². The third-order valence-corrected chi connectivity index (χ3v) is 3.96. The molecule has 0 saturated heterocycles. The summed E-state index contributed by atoms with van der Waals surface area (Å²) in [4.78, 5) is 45.9. The molecule has 0 radical (unpaired) electrons. The molecule has 0 aliphatic carbocycles. The molecule has 10 heteroatoms. The molecule has 2 aromatic carbocycles. The van der Waals surface area contributed by atoms with Crippen LogP contribution in [-0.4, -0.2) is 34.4 Å². The van der Waals surface area contributed by atoms with Crippen LogP contribution in [0.3, 0.4) is 0 Å². The number of non-ortho nitro benzene ring substituents is 1. The summed E-state index contributed by atoms with van der Waals surface area (Å²) in [5.41, 5.74) is 0.00195. The second-order valence-corrected chi connectivity index (χ2v) is 6.15. The minimum absolute atomic E-state index is 0.123. The van der Waals surface area contributed by atoms with E-state index < -0.39 is 22.7 Å². The lowest BCUT2D eigenvalue weighted by Gasteiger charge is -2.11. The summed E-state index contributed by atoms with van der Waals surface area (Å²) >= 11 is 6.00. The first-order valence-corrected chi connectivity index (χ1v) is 8.67. The van der Waals surface area contributed by atoms with Crippen molar-refractivity contribution in [1.82, 2.24) is 10.6 Å². The molecular formula is C19H16ClN3O6. The lowest BCUT2D eigenvalue weighted by atomic mass is 10.1. The number of rotatable bonds is 8. The number of aliphatic carboxylic acids is 1. The van der Waals surface area contributed by atoms with Crippen LogP contribution in [0.2, 0.25) is 5.02 Å². The van der Waals surface area contributed by atoms with Crippen molar-refractivity contribution in [2.24, 2.45) is 0 Å². The number of carboxylic acids is 1. The Kier molecular flexibility index (Phi) is 7.44. The number of nitro groups is 1. The van der Waals surface area contributed by atoms with Crippen LogP contribution in [0.5, 0.6) is 0 Å². The molecule has 0 atom stereocenters. The Morgan fingerprint density at radius 3 is 2.52 bits per heavy atom. The van der Waals surface area contributed by atoms with Gasteiger partial charge in [-0.3, -0.25) is 24.5 Å². The van der Waals surface area contributed by atoms with Gasteiger partial charge in [-0.25, -0.2) is 0 Å². The summed E-state index contributed by atoms with van der Waals surface area (Å²) in [5, 5.41) is 24.6. The molecule has 2 rings (SSSR count). The predicted octanol–water partition coefficient (Wildman–Crippen LogP) is 2.61. The van der Waals surface area contributed by atoms with Crippen LogP contribution in [0, 0.1) is 10.1 Å². The summed E-state index contributed by atoms with van der Waals surface area (Å²) < 4.78 is 0. The Morgan fingerprint density at radius 2 is 1.86 bits per heavy atom. The summed E-state index contributed by atoms with van der Waals surface area (Å²) in [5.74, 6) is -2.52. The zero-order valence-corrected chi connectivity index (χ0v) is 15.7. The fraction of sp³-hybridized carbons (Fsp3) is 0.105. The fourth-order valence-corrected chi connectivity index (χ4v) is 2.49. The van der Waals surface area contributed by atoms with E-state index in [1.54, 1.807) is 12.1 Å². The van der Waals surface area contributed by atoms with Gasteiger partial charge in [-0.2, -0.15) is 0 Å². The van der Waals surface area contributed by atoms with Crippen molar-refractivity contribution in [3.05, 3.63) is 80.5 Å². The highest BCUT2D eigenvalue weighted by atomic mass is 35.5. The number of carbonyl (C=O) groups excluding carboxylic acids is 2. The quantitative estimate of drug-likeness (QED) is 0.343. The topological polar surface area (TPSA) is 139 Å². The van der Waals surface area contributed by atoms with Gasteiger partial charge in [0.1, 0.15) is 5.70 Å². The monoisotopic (exact) mass is 417 g/mol. The number of hydrogen-bond acceptors (Lipinski definition) is 5. The minimum Gasteiger partial charge on any atom is -0.481 e. The molecule has 2 amide bonds. The van der Waals surface area contributed by atoms with Gasteiger partial charge in [0.15, 0.2) is 0 Å². The van der Waals surface area contributed by atoms with Crippen LogP contribution in [0.15, 0.2) is 54.2 Å². The Hall–Kier alpha value is -3.72. The van der Waals surface area contributed by atoms with Crippen molar-refractivity contribution in [3.63, 3.8) is 0 Å². The van der Waals surface area contributed by atoms with E-state index in [2.05, 4.69) is 10.6 Å². The summed E-state index contributed by atoms with van der Waals surface area (Å²) in [6.07, 6.45) is 0.937. The van der Waals surface area contributed by atoms with Crippen molar-refractivity contribution in [2.75, 3.05) is 6.54 Å². The molecule has 0 fully saturated rings. The van der Waals surface area contributed by atoms with Gasteiger partial charge >= 0.3 is 5.97 Å². The maximum Gasteiger partial charge on any atom is 0.305 e. The molecular weight excluding hydrogens is 402 g/mol. The first kappa shape index (κ1) is 21.6. The standard InChI is InChI=1S/C19H16ClN3O6/c20-15-7-2-1-6-14(15)18(26)22-16(19(27)21-9-8-17(24)25)11-12-4-3-5-13(10-12)23(28)29/h1-7,10-11H,8-9H2,(H,21,27)(H,22,26)(H,24,25)/b16-11-. The molecule has 0 unspecified atom stereocenters. The first-order chi connectivity index (χ1) is 13.8. The molecule has 0 aromatic heterocycles. The van der Waals surface area contributed by atoms with Crippen LogP contribution >= 0.6 is 11.6 Å². The lowest BCUT2D eigenvalue weighted by Crippen LogP contribution is -2.35. The molecule has 0 spiro atoms. The number of halogens is 1. The van der Waals surface area contributed by atoms with Crippen molar-refractivity contribution in [2.45, 2.75) is 6.42 Å². The second-order valence-electron chi connectivity index (χ2n) is 5.74. The number of nitro benzene ring substituents is 1. The van der Waals surface area contributed by atoms with Crippen LogP contribution < -0.4 is 10.6 Å². The SMILES string of the molecule is O=C(O)CCNC(=O)/C(=C/c1cccc([N+](=O)[O-])c1)NC(=O)c1ccccc1Cl. The Labute approximate surface area is 170 Å². The van der Waals surface area contributed by atoms with E-state index in [0.717, 1.165) is 0 Å². The number of amides is 2. The average Bonchev–Trinajstić information content (AvgIpc) is 2.67. The van der Waals surface area contributed by atoms with Crippen molar-refractivity contribution >= 4 is 41.1 Å². The van der Waals surface area contributed by atoms with E-state index in [0.29, 0.717) is 5.56 Å². The number of benzene rings is 2. The van der Waals surface area contributed by atoms with Gasteiger partial charge in [-0.05, 0) is 23.8 Å². The molecule has 2 aromatic rings. The molecule has 29 heavy (non-hydrogen) atoms. The molecule has 0 heterocycles. The van der Waals surface area contributed by atoms with Gasteiger partial charge in [0.2, 0.25) is 0 Å². The summed E-state index contributed by atoms with van der Waals surface area (Å²) in [6.45, 7) is -0.164. The highest BCUT2D eigenvalue weighted by Crippen LogP contribution is 2.17. The van der Waals surface area contributed by atoms with Gasteiger partial charge in [-0.15, -0.1) is 0 Å². The molecule has 9 nitrogen and oxygen atoms in total. The van der Waals surface area contributed by atoms with Gasteiger partial charge < -0.3 is 15.7 Å². The lowest BCUT2D eigenvalue weighted by molar-refractivity contribution is -0.384. The Morgan fingerprint density at radius 1 is 1.14 bits per heavy atom. The third kappa shape index (κ3) is 6.43. The number of nitrogens with one attached hydrogen (secondary N) is 2. The van der Waals surface area contributed by atoms with Crippen LogP contribution in [-0.2, 0) is 9.59 Å². The van der Waals surface area contributed by atoms with Crippen LogP contribution in [0.4, 0.5) is 5.69 Å². The zero-order valence-electron chi connectivity index (χ0n) is 14.9. The number of hydrogen-bond donors (Lipinski definition) is 3. The highest BCUT2D eigenvalue weighted by molar-refractivity contribution is 6.34. The molecule has 0 bridgehead atoms. The number of carbonyl (C=O) groups is 3. The van der Waals surface area contributed by atoms with Gasteiger partial charge in [0, 0.05) is 18.7 Å². The van der Waals surface area contributed by atoms with E-state index in [1.165, 1.54) is 42.5 Å². The molecule has 0 saturated carbocycles. The van der Waals surface area contributed by atoms with E-state index in [4.69, 9.17) is 16.7 Å². The first-order valence-electron chi connectivity index (χ1n) is 8.30. The normalized spacial score (nSPS) is 10.9. The van der Waals surface area contributed by atoms with Crippen LogP contribution in [0.1, 0.15) is 22.3 Å². The number of carboxylic acid groups (broad SMARTS) is 1. The van der Waals surface area contributed by atoms with Crippen LogP contribution in [0.25, 0.3) is 6.08 Å². The largest absolute Gasteiger partial charge is 0.481 e. The summed E-state index contributed by atoms with van der Waals surface area (Å²) in [6, 6.07) is 11.7. The smallest absolute Gasteiger partial charge is 0.305 e. The molecule has 0 aliphatic rings. The van der Waals surface area contributed by atoms with E-state index >= 15 is 0 Å². The minimum atomic E-state index is -1.10. The molecule has 0 aliphatic heterocycles. The maximum atomic E-state index is 12.5. The number of nitrogens with zero attached hydrogens (tertiary/aromatic N) is 1. The fourth-order valence-electron chi connectivity index (χ4n) is 2.27. The second kappa shape index (κ2) is 10.00. The predicted molar refractivity (Wildman–Crippen MR) is 105 cm³/mol. The third-order valence-electron chi connectivity index (χ3n) is 3.63. The van der Waals surface area contributed by atoms with Gasteiger partial charge in [-0.1, -0.05) is 35.9 Å². The molecule has 3 N–H and O–H groups in total. The average molecular weight is 418 g/mol. The zero-order chi connectivity index (χ0) is 21.4. The van der Waals surface area contributed by atoms with Gasteiger partial charge in [0.25, 0.3) is 17.5 Å². The van der Waals surface area contributed by atoms with E-state index in [-0.39, 0.29) is 34.9 Å². The maximum absolute atomic E-state index is 12.5. The Bertz CT molecular complexity index is 989. The van der Waals surface area contributed by atoms with Crippen molar-refractivity contribution in [1.29, 1.82) is 0 Å². The highest BCUT2D eigenvalue weighted by Gasteiger charge is 2.17. The van der Waals surface area contributed by atoms with E-state index in [1.807, 2.05) is 0 Å². The van der Waals surface area contributed by atoms with Crippen molar-refractivity contribution < 1.29 is 24.4 Å². The van der Waals surface area contributed by atoms with Gasteiger partial charge in [0.05, 0.1) is 21.9 Å².